The van der Waals surface area contributed by atoms with Crippen LogP contribution in [-0.2, 0) is 6.54 Å². The van der Waals surface area contributed by atoms with Gasteiger partial charge in [0, 0.05) is 18.9 Å². The van der Waals surface area contributed by atoms with Crippen molar-refractivity contribution in [3.63, 3.8) is 0 Å². The maximum atomic E-state index is 5.76. The van der Waals surface area contributed by atoms with Gasteiger partial charge < -0.3 is 10.5 Å². The lowest BCUT2D eigenvalue weighted by Crippen LogP contribution is -2.04. The fourth-order valence-electron chi connectivity index (χ4n) is 1.50. The lowest BCUT2D eigenvalue weighted by atomic mass is 10.1. The first-order chi connectivity index (χ1) is 8.20. The molecule has 0 radical (unpaired) electrons. The molecule has 17 heavy (non-hydrogen) atoms. The monoisotopic (exact) mass is 229 g/mol. The van der Waals surface area contributed by atoms with Crippen molar-refractivity contribution in [2.24, 2.45) is 5.73 Å². The highest BCUT2D eigenvalue weighted by Crippen LogP contribution is 2.25. The fourth-order valence-corrected chi connectivity index (χ4v) is 1.50. The second-order valence-electron chi connectivity index (χ2n) is 3.88. The Labute approximate surface area is 100 Å². The normalized spacial score (nSPS) is 10.3. The Balaban J connectivity index is 2.34. The highest BCUT2D eigenvalue weighted by molar-refractivity contribution is 5.38. The van der Waals surface area contributed by atoms with Crippen LogP contribution in [0.1, 0.15) is 16.8 Å². The summed E-state index contributed by atoms with van der Waals surface area (Å²) in [5.74, 6) is 1.27. The number of rotatable bonds is 3. The third-order valence-corrected chi connectivity index (χ3v) is 2.48. The predicted molar refractivity (Wildman–Crippen MR) is 65.9 cm³/mol. The number of aryl methyl sites for hydroxylation is 2. The van der Waals surface area contributed by atoms with Gasteiger partial charge in [-0.25, -0.2) is 4.98 Å². The summed E-state index contributed by atoms with van der Waals surface area (Å²) in [7, 11) is 0. The summed E-state index contributed by atoms with van der Waals surface area (Å²) in [4.78, 5) is 8.28. The van der Waals surface area contributed by atoms with E-state index >= 15 is 0 Å². The summed E-state index contributed by atoms with van der Waals surface area (Å²) in [6.07, 6.45) is 3.21. The molecule has 0 aliphatic rings. The minimum atomic E-state index is 0.314. The van der Waals surface area contributed by atoms with Crippen LogP contribution in [0.2, 0.25) is 0 Å². The summed E-state index contributed by atoms with van der Waals surface area (Å²) in [6.45, 7) is 4.33. The van der Waals surface area contributed by atoms with Gasteiger partial charge in [-0.2, -0.15) is 0 Å². The molecule has 0 fully saturated rings. The standard InChI is InChI=1S/C13H15N3O/c1-9-3-4-10(2)12(7-9)17-13-11(8-14)15-5-6-16-13/h3-7H,8,14H2,1-2H3. The Hall–Kier alpha value is -1.94. The smallest absolute Gasteiger partial charge is 0.242 e. The number of nitrogens with zero attached hydrogens (tertiary/aromatic N) is 2. The molecule has 0 spiro atoms. The van der Waals surface area contributed by atoms with Crippen LogP contribution < -0.4 is 10.5 Å². The first-order valence-electron chi connectivity index (χ1n) is 5.46. The lowest BCUT2D eigenvalue weighted by Gasteiger charge is -2.10. The van der Waals surface area contributed by atoms with Gasteiger partial charge in [-0.1, -0.05) is 12.1 Å². The Morgan fingerprint density at radius 1 is 1.18 bits per heavy atom. The molecule has 0 aliphatic carbocycles. The first-order valence-corrected chi connectivity index (χ1v) is 5.46. The maximum absolute atomic E-state index is 5.76. The molecule has 0 aliphatic heterocycles. The van der Waals surface area contributed by atoms with E-state index in [0.29, 0.717) is 18.1 Å². The Morgan fingerprint density at radius 2 is 1.94 bits per heavy atom. The summed E-state index contributed by atoms with van der Waals surface area (Å²) < 4.78 is 5.76. The van der Waals surface area contributed by atoms with Crippen molar-refractivity contribution in [1.82, 2.24) is 9.97 Å². The van der Waals surface area contributed by atoms with E-state index in [2.05, 4.69) is 9.97 Å². The second-order valence-corrected chi connectivity index (χ2v) is 3.88. The van der Waals surface area contributed by atoms with Gasteiger partial charge in [-0.15, -0.1) is 0 Å². The van der Waals surface area contributed by atoms with Crippen LogP contribution in [0.5, 0.6) is 11.6 Å². The number of benzene rings is 1. The van der Waals surface area contributed by atoms with Crippen LogP contribution in [0, 0.1) is 13.8 Å². The van der Waals surface area contributed by atoms with E-state index in [1.165, 1.54) is 0 Å². The summed E-state index contributed by atoms with van der Waals surface area (Å²) in [6, 6.07) is 6.04. The molecule has 0 saturated heterocycles. The number of ether oxygens (including phenoxy) is 1. The van der Waals surface area contributed by atoms with Gasteiger partial charge in [-0.05, 0) is 31.0 Å². The molecule has 1 aromatic carbocycles. The van der Waals surface area contributed by atoms with Crippen molar-refractivity contribution in [2.75, 3.05) is 0 Å². The molecule has 4 heteroatoms. The van der Waals surface area contributed by atoms with Gasteiger partial charge in [0.2, 0.25) is 5.88 Å². The largest absolute Gasteiger partial charge is 0.437 e. The van der Waals surface area contributed by atoms with E-state index in [1.54, 1.807) is 12.4 Å². The third-order valence-electron chi connectivity index (χ3n) is 2.48. The maximum Gasteiger partial charge on any atom is 0.242 e. The summed E-state index contributed by atoms with van der Waals surface area (Å²) >= 11 is 0. The highest BCUT2D eigenvalue weighted by atomic mass is 16.5. The molecule has 0 saturated carbocycles. The molecular formula is C13H15N3O. The van der Waals surface area contributed by atoms with Crippen molar-refractivity contribution >= 4 is 0 Å². The Morgan fingerprint density at radius 3 is 2.71 bits per heavy atom. The highest BCUT2D eigenvalue weighted by Gasteiger charge is 2.07. The van der Waals surface area contributed by atoms with Crippen LogP contribution in [0.15, 0.2) is 30.6 Å². The predicted octanol–water partition coefficient (Wildman–Crippen LogP) is 2.34. The third kappa shape index (κ3) is 2.60. The van der Waals surface area contributed by atoms with Gasteiger partial charge in [0.25, 0.3) is 0 Å². The van der Waals surface area contributed by atoms with Crippen LogP contribution in [-0.4, -0.2) is 9.97 Å². The van der Waals surface area contributed by atoms with Crippen molar-refractivity contribution in [2.45, 2.75) is 20.4 Å². The number of nitrogens with two attached hydrogens (primary N) is 1. The van der Waals surface area contributed by atoms with Crippen LogP contribution >= 0.6 is 0 Å². The summed E-state index contributed by atoms with van der Waals surface area (Å²) in [5.41, 5.74) is 8.45. The second kappa shape index (κ2) is 4.93. The molecule has 1 heterocycles. The van der Waals surface area contributed by atoms with E-state index in [9.17, 15) is 0 Å². The Bertz CT molecular complexity index is 526. The molecule has 2 N–H and O–H groups in total. The van der Waals surface area contributed by atoms with Crippen molar-refractivity contribution in [3.05, 3.63) is 47.4 Å². The van der Waals surface area contributed by atoms with Gasteiger partial charge in [0.05, 0.1) is 0 Å². The molecule has 0 bridgehead atoms. The van der Waals surface area contributed by atoms with E-state index in [-0.39, 0.29) is 0 Å². The summed E-state index contributed by atoms with van der Waals surface area (Å²) in [5, 5.41) is 0. The van der Waals surface area contributed by atoms with E-state index in [0.717, 1.165) is 16.9 Å². The molecule has 2 aromatic rings. The molecule has 1 aromatic heterocycles. The number of aromatic nitrogens is 2. The number of hydrogen-bond acceptors (Lipinski definition) is 4. The molecule has 2 rings (SSSR count). The van der Waals surface area contributed by atoms with Gasteiger partial charge in [0.1, 0.15) is 11.4 Å². The van der Waals surface area contributed by atoms with Crippen molar-refractivity contribution in [1.29, 1.82) is 0 Å². The van der Waals surface area contributed by atoms with E-state index in [1.807, 2.05) is 32.0 Å². The van der Waals surface area contributed by atoms with E-state index < -0.39 is 0 Å². The zero-order chi connectivity index (χ0) is 12.3. The molecular weight excluding hydrogens is 214 g/mol. The van der Waals surface area contributed by atoms with Crippen molar-refractivity contribution in [3.8, 4) is 11.6 Å². The van der Waals surface area contributed by atoms with Crippen molar-refractivity contribution < 1.29 is 4.74 Å². The zero-order valence-corrected chi connectivity index (χ0v) is 9.97. The zero-order valence-electron chi connectivity index (χ0n) is 9.97. The number of hydrogen-bond donors (Lipinski definition) is 1. The lowest BCUT2D eigenvalue weighted by molar-refractivity contribution is 0.448. The fraction of sp³-hybridized carbons (Fsp3) is 0.231. The van der Waals surface area contributed by atoms with Gasteiger partial charge in [0.15, 0.2) is 0 Å². The first kappa shape index (κ1) is 11.5. The van der Waals surface area contributed by atoms with Crippen LogP contribution in [0.3, 0.4) is 0 Å². The van der Waals surface area contributed by atoms with Crippen LogP contribution in [0.25, 0.3) is 0 Å². The van der Waals surface area contributed by atoms with Gasteiger partial charge in [-0.3, -0.25) is 4.98 Å². The molecule has 4 nitrogen and oxygen atoms in total. The minimum Gasteiger partial charge on any atom is -0.437 e. The quantitative estimate of drug-likeness (QED) is 0.877. The minimum absolute atomic E-state index is 0.314. The average molecular weight is 229 g/mol. The van der Waals surface area contributed by atoms with E-state index in [4.69, 9.17) is 10.5 Å². The molecule has 0 unspecified atom stereocenters. The topological polar surface area (TPSA) is 61.0 Å². The van der Waals surface area contributed by atoms with Gasteiger partial charge >= 0.3 is 0 Å². The molecule has 0 amide bonds. The average Bonchev–Trinajstić information content (AvgIpc) is 2.34. The molecule has 0 atom stereocenters. The van der Waals surface area contributed by atoms with Crippen LogP contribution in [0.4, 0.5) is 0 Å². The SMILES string of the molecule is Cc1ccc(C)c(Oc2nccnc2CN)c1. The Kier molecular flexibility index (Phi) is 3.35. The molecule has 88 valence electrons.